The van der Waals surface area contributed by atoms with Crippen molar-refractivity contribution in [3.05, 3.63) is 188 Å². The molecule has 0 N–H and O–H groups in total. The highest BCUT2D eigenvalue weighted by atomic mass is 15.0. The second-order valence-electron chi connectivity index (χ2n) is 13.5. The molecule has 0 saturated heterocycles. The van der Waals surface area contributed by atoms with Crippen LogP contribution in [0.25, 0.3) is 99.0 Å². The molecular weight excluding hydrogens is 631 g/mol. The van der Waals surface area contributed by atoms with Gasteiger partial charge in [0.2, 0.25) is 0 Å². The molecule has 3 nitrogen and oxygen atoms in total. The van der Waals surface area contributed by atoms with Crippen LogP contribution in [0.2, 0.25) is 0 Å². The van der Waals surface area contributed by atoms with Crippen molar-refractivity contribution in [2.45, 2.75) is 0 Å². The van der Waals surface area contributed by atoms with E-state index in [0.29, 0.717) is 0 Å². The van der Waals surface area contributed by atoms with E-state index in [1.807, 2.05) is 0 Å². The van der Waals surface area contributed by atoms with Crippen molar-refractivity contribution in [3.63, 3.8) is 0 Å². The molecule has 0 unspecified atom stereocenters. The van der Waals surface area contributed by atoms with Gasteiger partial charge in [0.15, 0.2) is 0 Å². The van der Waals surface area contributed by atoms with E-state index >= 15 is 0 Å². The molecule has 3 heteroatoms. The number of benzene rings is 8. The number of aromatic nitrogens is 3. The van der Waals surface area contributed by atoms with Crippen molar-refractivity contribution >= 4 is 65.3 Å². The Morgan fingerprint density at radius 2 is 0.865 bits per heavy atom. The summed E-state index contributed by atoms with van der Waals surface area (Å²) in [5.74, 6) is 0. The topological polar surface area (TPSA) is 22.8 Å². The average Bonchev–Trinajstić information content (AvgIpc) is 3.74. The Hall–Kier alpha value is -6.97. The molecule has 0 radical (unpaired) electrons. The van der Waals surface area contributed by atoms with Crippen LogP contribution in [0.4, 0.5) is 0 Å². The molecule has 0 spiro atoms. The molecule has 0 aliphatic heterocycles. The van der Waals surface area contributed by atoms with Crippen LogP contribution in [0.15, 0.2) is 188 Å². The lowest BCUT2D eigenvalue weighted by Gasteiger charge is -2.15. The molecule has 0 aliphatic carbocycles. The minimum absolute atomic E-state index is 0.991. The number of nitrogens with zero attached hydrogens (tertiary/aromatic N) is 3. The highest BCUT2D eigenvalue weighted by molar-refractivity contribution is 6.27. The minimum Gasteiger partial charge on any atom is -0.309 e. The number of fused-ring (bicyclic) bond motifs is 10. The molecule has 0 atom stereocenters. The van der Waals surface area contributed by atoms with Crippen LogP contribution >= 0.6 is 0 Å². The smallest absolute Gasteiger partial charge is 0.0788 e. The molecule has 0 aliphatic rings. The van der Waals surface area contributed by atoms with Crippen LogP contribution in [0.1, 0.15) is 0 Å². The van der Waals surface area contributed by atoms with Gasteiger partial charge >= 0.3 is 0 Å². The Morgan fingerprint density at radius 3 is 1.58 bits per heavy atom. The molecule has 3 heterocycles. The third-order valence-corrected chi connectivity index (χ3v) is 10.7. The maximum Gasteiger partial charge on any atom is 0.0788 e. The van der Waals surface area contributed by atoms with Gasteiger partial charge in [-0.1, -0.05) is 140 Å². The molecule has 3 aromatic heterocycles. The summed E-state index contributed by atoms with van der Waals surface area (Å²) in [6.07, 6.45) is 0. The predicted molar refractivity (Wildman–Crippen MR) is 219 cm³/mol. The third kappa shape index (κ3) is 4.23. The van der Waals surface area contributed by atoms with Gasteiger partial charge in [-0.05, 0) is 59.7 Å². The monoisotopic (exact) mass is 661 g/mol. The predicted octanol–water partition coefficient (Wildman–Crippen LogP) is 12.9. The van der Waals surface area contributed by atoms with E-state index < -0.39 is 0 Å². The number of pyridine rings is 1. The largest absolute Gasteiger partial charge is 0.309 e. The van der Waals surface area contributed by atoms with Gasteiger partial charge in [-0.25, -0.2) is 4.98 Å². The number of rotatable bonds is 4. The van der Waals surface area contributed by atoms with Gasteiger partial charge in [-0.15, -0.1) is 0 Å². The first-order valence-corrected chi connectivity index (χ1v) is 17.8. The molecule has 242 valence electrons. The van der Waals surface area contributed by atoms with Gasteiger partial charge in [-0.3, -0.25) is 0 Å². The quantitative estimate of drug-likeness (QED) is 0.172. The summed E-state index contributed by atoms with van der Waals surface area (Å²) in [6, 6.07) is 67.7. The summed E-state index contributed by atoms with van der Waals surface area (Å²) >= 11 is 0. The summed E-state index contributed by atoms with van der Waals surface area (Å²) in [5, 5.41) is 8.55. The summed E-state index contributed by atoms with van der Waals surface area (Å²) in [7, 11) is 0. The normalized spacial score (nSPS) is 11.8. The average molecular weight is 662 g/mol. The van der Waals surface area contributed by atoms with E-state index in [1.165, 1.54) is 60.1 Å². The lowest BCUT2D eigenvalue weighted by molar-refractivity contribution is 1.18. The highest BCUT2D eigenvalue weighted by Gasteiger charge is 2.20. The number of para-hydroxylation sites is 5. The van der Waals surface area contributed by atoms with Gasteiger partial charge in [0.1, 0.15) is 0 Å². The Bertz CT molecular complexity index is 3110. The van der Waals surface area contributed by atoms with Crippen LogP contribution in [0.5, 0.6) is 0 Å². The lowest BCUT2D eigenvalue weighted by atomic mass is 9.96. The summed E-state index contributed by atoms with van der Waals surface area (Å²) < 4.78 is 4.81. The van der Waals surface area contributed by atoms with E-state index in [9.17, 15) is 0 Å². The fourth-order valence-electron chi connectivity index (χ4n) is 8.40. The summed E-state index contributed by atoms with van der Waals surface area (Å²) in [4.78, 5) is 5.33. The first kappa shape index (κ1) is 28.8. The first-order chi connectivity index (χ1) is 25.8. The lowest BCUT2D eigenvalue weighted by Crippen LogP contribution is -1.96. The fraction of sp³-hybridized carbons (Fsp3) is 0. The zero-order valence-corrected chi connectivity index (χ0v) is 28.2. The molecule has 11 aromatic rings. The summed E-state index contributed by atoms with van der Waals surface area (Å²) in [5.41, 5.74) is 12.6. The van der Waals surface area contributed by atoms with Gasteiger partial charge in [0.25, 0.3) is 0 Å². The second-order valence-corrected chi connectivity index (χ2v) is 13.5. The van der Waals surface area contributed by atoms with Crippen LogP contribution in [-0.2, 0) is 0 Å². The summed E-state index contributed by atoms with van der Waals surface area (Å²) in [6.45, 7) is 0. The van der Waals surface area contributed by atoms with Gasteiger partial charge in [-0.2, -0.15) is 0 Å². The van der Waals surface area contributed by atoms with E-state index in [-0.39, 0.29) is 0 Å². The van der Waals surface area contributed by atoms with E-state index in [4.69, 9.17) is 4.98 Å². The zero-order chi connectivity index (χ0) is 34.2. The molecule has 11 rings (SSSR count). The standard InChI is InChI=1S/C49H31N3/c1-2-14-35(15-3-1)52-46-24-11-7-19-39(46)40-29-30-42-47(49(40)52)41-20-4-8-21-43(41)50-48(42)33-27-25-32(26-28-33)34-13-12-16-36(31-34)51-44-22-9-5-17-37(44)38-18-6-10-23-45(38)51/h1-31H. The molecule has 0 saturated carbocycles. The fourth-order valence-corrected chi connectivity index (χ4v) is 8.40. The Labute approximate surface area is 300 Å². The van der Waals surface area contributed by atoms with Crippen molar-refractivity contribution < 1.29 is 0 Å². The maximum atomic E-state index is 5.33. The van der Waals surface area contributed by atoms with Crippen molar-refractivity contribution in [2.75, 3.05) is 0 Å². The maximum absolute atomic E-state index is 5.33. The van der Waals surface area contributed by atoms with Crippen molar-refractivity contribution in [1.29, 1.82) is 0 Å². The molecular formula is C49H31N3. The Morgan fingerprint density at radius 1 is 0.327 bits per heavy atom. The molecule has 0 amide bonds. The number of hydrogen-bond acceptors (Lipinski definition) is 1. The van der Waals surface area contributed by atoms with Crippen LogP contribution in [0, 0.1) is 0 Å². The zero-order valence-electron chi connectivity index (χ0n) is 28.2. The van der Waals surface area contributed by atoms with Crippen molar-refractivity contribution in [3.8, 4) is 33.8 Å². The SMILES string of the molecule is c1ccc(-n2c3ccccc3c3ccc4c(-c5ccc(-c6cccc(-n7c8ccccc8c8ccccc87)c6)cc5)nc5ccccc5c4c32)cc1. The molecule has 52 heavy (non-hydrogen) atoms. The van der Waals surface area contributed by atoms with Gasteiger partial charge in [0, 0.05) is 54.6 Å². The Balaban J connectivity index is 1.09. The minimum atomic E-state index is 0.991. The van der Waals surface area contributed by atoms with Crippen LogP contribution < -0.4 is 0 Å². The second kappa shape index (κ2) is 11.3. The van der Waals surface area contributed by atoms with Gasteiger partial charge < -0.3 is 9.13 Å². The van der Waals surface area contributed by atoms with Crippen LogP contribution in [0.3, 0.4) is 0 Å². The van der Waals surface area contributed by atoms with Gasteiger partial charge in [0.05, 0.1) is 33.3 Å². The third-order valence-electron chi connectivity index (χ3n) is 10.7. The molecule has 0 fully saturated rings. The van der Waals surface area contributed by atoms with E-state index in [1.54, 1.807) is 0 Å². The van der Waals surface area contributed by atoms with E-state index in [2.05, 4.69) is 197 Å². The highest BCUT2D eigenvalue weighted by Crippen LogP contribution is 2.42. The first-order valence-electron chi connectivity index (χ1n) is 17.8. The number of hydrogen-bond donors (Lipinski definition) is 0. The van der Waals surface area contributed by atoms with E-state index in [0.717, 1.165) is 38.9 Å². The molecule has 8 aromatic carbocycles. The van der Waals surface area contributed by atoms with Crippen molar-refractivity contribution in [1.82, 2.24) is 14.1 Å². The molecule has 0 bridgehead atoms. The van der Waals surface area contributed by atoms with Crippen LogP contribution in [-0.4, -0.2) is 14.1 Å². The van der Waals surface area contributed by atoms with Crippen molar-refractivity contribution in [2.24, 2.45) is 0 Å². The Kier molecular flexibility index (Phi) is 6.25.